The molecule has 2 heterocycles. The van der Waals surface area contributed by atoms with Gasteiger partial charge in [-0.05, 0) is 25.7 Å². The van der Waals surface area contributed by atoms with E-state index in [0.717, 1.165) is 5.56 Å². The van der Waals surface area contributed by atoms with Gasteiger partial charge in [0.1, 0.15) is 10.8 Å². The smallest absolute Gasteiger partial charge is 0.271 e. The average Bonchev–Trinajstić information content (AvgIpc) is 2.84. The van der Waals surface area contributed by atoms with Crippen molar-refractivity contribution in [2.24, 2.45) is 13.0 Å². The molecule has 0 aliphatic heterocycles. The van der Waals surface area contributed by atoms with Crippen LogP contribution in [0.25, 0.3) is 0 Å². The van der Waals surface area contributed by atoms with Crippen molar-refractivity contribution in [3.63, 3.8) is 0 Å². The molecule has 0 spiro atoms. The number of aryl methyl sites for hydroxylation is 2. The number of nitrogens with zero attached hydrogens (tertiary/aromatic N) is 3. The Labute approximate surface area is 132 Å². The second-order valence-electron chi connectivity index (χ2n) is 5.77. The Morgan fingerprint density at radius 1 is 1.55 bits per heavy atom. The lowest BCUT2D eigenvalue weighted by Crippen LogP contribution is -2.36. The van der Waals surface area contributed by atoms with E-state index in [1.165, 1.54) is 0 Å². The van der Waals surface area contributed by atoms with Crippen LogP contribution in [0.4, 0.5) is 5.82 Å². The van der Waals surface area contributed by atoms with Crippen LogP contribution in [0.3, 0.4) is 0 Å². The van der Waals surface area contributed by atoms with Crippen LogP contribution in [0.15, 0.2) is 17.2 Å². The largest absolute Gasteiger partial charge is 0.393 e. The average molecular weight is 324 g/mol. The number of aromatic nitrogens is 4. The number of H-pyrrole nitrogens is 1. The molecule has 8 heteroatoms. The van der Waals surface area contributed by atoms with Gasteiger partial charge in [-0.1, -0.05) is 11.6 Å². The molecule has 22 heavy (non-hydrogen) atoms. The summed E-state index contributed by atoms with van der Waals surface area (Å²) in [6, 6.07) is -0.0942. The molecule has 1 saturated carbocycles. The Balaban J connectivity index is 1.92. The van der Waals surface area contributed by atoms with Crippen molar-refractivity contribution in [2.45, 2.75) is 31.9 Å². The summed E-state index contributed by atoms with van der Waals surface area (Å²) < 4.78 is 1.72. The third kappa shape index (κ3) is 2.86. The van der Waals surface area contributed by atoms with Crippen molar-refractivity contribution < 1.29 is 5.11 Å². The molecular weight excluding hydrogens is 306 g/mol. The molecule has 2 aromatic heterocycles. The molecule has 0 radical (unpaired) electrons. The standard InChI is InChI=1S/C14H18ClN5O2/c1-7-17-13(11(15)14(22)18-7)19-12(8-3-10(21)4-8)9-5-16-20(2)6-9/h5-6,8,10,12,21H,3-4H2,1-2H3,(H2,17,18,19,22)/t8?,10?,12-/m1/s1. The lowest BCUT2D eigenvalue weighted by molar-refractivity contribution is 0.0339. The summed E-state index contributed by atoms with van der Waals surface area (Å²) in [4.78, 5) is 18.6. The third-order valence-corrected chi connectivity index (χ3v) is 4.33. The number of hydrogen-bond acceptors (Lipinski definition) is 5. The lowest BCUT2D eigenvalue weighted by Gasteiger charge is -2.38. The maximum Gasteiger partial charge on any atom is 0.271 e. The Morgan fingerprint density at radius 3 is 2.86 bits per heavy atom. The van der Waals surface area contributed by atoms with Crippen molar-refractivity contribution >= 4 is 17.4 Å². The van der Waals surface area contributed by atoms with E-state index in [9.17, 15) is 9.90 Å². The second kappa shape index (κ2) is 5.73. The fourth-order valence-corrected chi connectivity index (χ4v) is 2.93. The van der Waals surface area contributed by atoms with Gasteiger partial charge < -0.3 is 15.4 Å². The van der Waals surface area contributed by atoms with Crippen molar-refractivity contribution in [1.29, 1.82) is 0 Å². The summed E-state index contributed by atoms with van der Waals surface area (Å²) in [5.41, 5.74) is 0.616. The van der Waals surface area contributed by atoms with E-state index in [-0.39, 0.29) is 28.6 Å². The summed E-state index contributed by atoms with van der Waals surface area (Å²) in [5.74, 6) is 1.10. The summed E-state index contributed by atoms with van der Waals surface area (Å²) >= 11 is 6.06. The molecule has 118 valence electrons. The number of hydrogen-bond donors (Lipinski definition) is 3. The highest BCUT2D eigenvalue weighted by atomic mass is 35.5. The lowest BCUT2D eigenvalue weighted by atomic mass is 9.75. The molecule has 1 aliphatic rings. The third-order valence-electron chi connectivity index (χ3n) is 3.98. The first-order chi connectivity index (χ1) is 10.4. The van der Waals surface area contributed by atoms with E-state index in [2.05, 4.69) is 20.4 Å². The van der Waals surface area contributed by atoms with Gasteiger partial charge in [0.25, 0.3) is 5.56 Å². The number of nitrogens with one attached hydrogen (secondary N) is 2. The van der Waals surface area contributed by atoms with Gasteiger partial charge in [0.05, 0.1) is 18.3 Å². The number of aromatic amines is 1. The topological polar surface area (TPSA) is 95.8 Å². The molecule has 3 N–H and O–H groups in total. The van der Waals surface area contributed by atoms with Gasteiger partial charge in [-0.2, -0.15) is 5.10 Å². The van der Waals surface area contributed by atoms with Gasteiger partial charge in [-0.15, -0.1) is 0 Å². The molecule has 0 saturated heterocycles. The molecule has 0 amide bonds. The normalized spacial score (nSPS) is 22.2. The predicted octanol–water partition coefficient (Wildman–Crippen LogP) is 1.39. The van der Waals surface area contributed by atoms with Crippen molar-refractivity contribution in [1.82, 2.24) is 19.7 Å². The van der Waals surface area contributed by atoms with Crippen molar-refractivity contribution in [3.05, 3.63) is 39.2 Å². The van der Waals surface area contributed by atoms with Gasteiger partial charge in [0.2, 0.25) is 0 Å². The first-order valence-electron chi connectivity index (χ1n) is 7.13. The molecule has 0 unspecified atom stereocenters. The zero-order chi connectivity index (χ0) is 15.9. The van der Waals surface area contributed by atoms with E-state index >= 15 is 0 Å². The molecule has 1 atom stereocenters. The van der Waals surface area contributed by atoms with Crippen LogP contribution >= 0.6 is 11.6 Å². The summed E-state index contributed by atoms with van der Waals surface area (Å²) in [6.45, 7) is 1.70. The van der Waals surface area contributed by atoms with E-state index in [1.807, 2.05) is 13.2 Å². The van der Waals surface area contributed by atoms with Crippen LogP contribution < -0.4 is 10.9 Å². The van der Waals surface area contributed by atoms with Crippen LogP contribution in [0.1, 0.15) is 30.3 Å². The minimum atomic E-state index is -0.366. The number of aliphatic hydroxyl groups excluding tert-OH is 1. The molecule has 3 rings (SSSR count). The molecule has 1 aliphatic carbocycles. The van der Waals surface area contributed by atoms with E-state index in [1.54, 1.807) is 17.8 Å². The predicted molar refractivity (Wildman–Crippen MR) is 82.9 cm³/mol. The van der Waals surface area contributed by atoms with Crippen molar-refractivity contribution in [2.75, 3.05) is 5.32 Å². The minimum Gasteiger partial charge on any atom is -0.393 e. The number of anilines is 1. The fraction of sp³-hybridized carbons (Fsp3) is 0.500. The Morgan fingerprint density at radius 2 is 2.27 bits per heavy atom. The molecule has 0 aromatic carbocycles. The Kier molecular flexibility index (Phi) is 3.92. The van der Waals surface area contributed by atoms with Crippen LogP contribution in [0.2, 0.25) is 5.02 Å². The molecule has 7 nitrogen and oxygen atoms in total. The highest BCUT2D eigenvalue weighted by Gasteiger charge is 2.36. The van der Waals surface area contributed by atoms with Gasteiger partial charge in [0, 0.05) is 18.8 Å². The number of halogens is 1. The van der Waals surface area contributed by atoms with Gasteiger partial charge in [-0.25, -0.2) is 4.98 Å². The fourth-order valence-electron chi connectivity index (χ4n) is 2.79. The zero-order valence-corrected chi connectivity index (χ0v) is 13.1. The van der Waals surface area contributed by atoms with Crippen LogP contribution in [0.5, 0.6) is 0 Å². The second-order valence-corrected chi connectivity index (χ2v) is 6.15. The van der Waals surface area contributed by atoms with E-state index < -0.39 is 0 Å². The van der Waals surface area contributed by atoms with Crippen molar-refractivity contribution in [3.8, 4) is 0 Å². The summed E-state index contributed by atoms with van der Waals surface area (Å²) in [7, 11) is 1.85. The first kappa shape index (κ1) is 15.1. The highest BCUT2D eigenvalue weighted by molar-refractivity contribution is 6.32. The number of rotatable bonds is 4. The Bertz CT molecular complexity index is 735. The molecular formula is C14H18ClN5O2. The molecule has 2 aromatic rings. The maximum atomic E-state index is 11.8. The van der Waals surface area contributed by atoms with Gasteiger partial charge >= 0.3 is 0 Å². The Hall–Kier alpha value is -1.86. The zero-order valence-electron chi connectivity index (χ0n) is 12.4. The van der Waals surface area contributed by atoms with Crippen LogP contribution in [0, 0.1) is 12.8 Å². The van der Waals surface area contributed by atoms with Gasteiger partial charge in [0.15, 0.2) is 5.82 Å². The summed E-state index contributed by atoms with van der Waals surface area (Å²) in [6.07, 6.45) is 4.82. The summed E-state index contributed by atoms with van der Waals surface area (Å²) in [5, 5.41) is 17.1. The van der Waals surface area contributed by atoms with Crippen LogP contribution in [-0.2, 0) is 7.05 Å². The quantitative estimate of drug-likeness (QED) is 0.790. The minimum absolute atomic E-state index is 0.0411. The maximum absolute atomic E-state index is 11.8. The van der Waals surface area contributed by atoms with E-state index in [4.69, 9.17) is 11.6 Å². The number of aliphatic hydroxyl groups is 1. The van der Waals surface area contributed by atoms with Crippen LogP contribution in [-0.4, -0.2) is 31.0 Å². The monoisotopic (exact) mass is 323 g/mol. The molecule has 0 bridgehead atoms. The van der Waals surface area contributed by atoms with E-state index in [0.29, 0.717) is 24.5 Å². The van der Waals surface area contributed by atoms with Gasteiger partial charge in [-0.3, -0.25) is 9.48 Å². The molecule has 1 fully saturated rings. The first-order valence-corrected chi connectivity index (χ1v) is 7.51. The SMILES string of the molecule is Cc1nc(N[C@@H](c2cnn(C)c2)C2CC(O)C2)c(Cl)c(=O)[nH]1. The highest BCUT2D eigenvalue weighted by Crippen LogP contribution is 2.40.